The van der Waals surface area contributed by atoms with Crippen molar-refractivity contribution in [2.24, 2.45) is 5.41 Å². The molecule has 2 aromatic rings. The number of anilines is 1. The molecule has 4 heterocycles. The van der Waals surface area contributed by atoms with Crippen LogP contribution in [-0.2, 0) is 11.3 Å². The predicted molar refractivity (Wildman–Crippen MR) is 104 cm³/mol. The third-order valence-electron chi connectivity index (χ3n) is 5.63. The van der Waals surface area contributed by atoms with Gasteiger partial charge in [-0.3, -0.25) is 14.9 Å². The number of rotatable bonds is 3. The highest BCUT2D eigenvalue weighted by molar-refractivity contribution is 5.73. The number of hydrogen-bond acceptors (Lipinski definition) is 6. The minimum absolute atomic E-state index is 0.103. The highest BCUT2D eigenvalue weighted by Gasteiger charge is 2.59. The first-order valence-electron chi connectivity index (χ1n) is 9.84. The van der Waals surface area contributed by atoms with Crippen LogP contribution in [0.2, 0.25) is 0 Å². The van der Waals surface area contributed by atoms with E-state index in [4.69, 9.17) is 9.90 Å². The fourth-order valence-electron chi connectivity index (χ4n) is 3.99. The fourth-order valence-corrected chi connectivity index (χ4v) is 3.99. The third-order valence-corrected chi connectivity index (χ3v) is 5.63. The van der Waals surface area contributed by atoms with Crippen molar-refractivity contribution in [3.8, 4) is 0 Å². The average molecular weight is 459 g/mol. The molecule has 2 fully saturated rings. The first kappa shape index (κ1) is 23.8. The summed E-state index contributed by atoms with van der Waals surface area (Å²) in [4.78, 5) is 25.6. The van der Waals surface area contributed by atoms with Crippen LogP contribution in [-0.4, -0.2) is 69.2 Å². The number of alkyl halides is 5. The molecule has 2 aliphatic heterocycles. The van der Waals surface area contributed by atoms with Gasteiger partial charge >= 0.3 is 12.1 Å². The van der Waals surface area contributed by atoms with Gasteiger partial charge in [-0.1, -0.05) is 6.07 Å². The number of halogens is 5. The zero-order valence-electron chi connectivity index (χ0n) is 17.0. The van der Waals surface area contributed by atoms with Crippen LogP contribution in [0.25, 0.3) is 0 Å². The van der Waals surface area contributed by atoms with Crippen molar-refractivity contribution in [2.75, 3.05) is 31.1 Å². The van der Waals surface area contributed by atoms with Crippen LogP contribution >= 0.6 is 0 Å². The Morgan fingerprint density at radius 2 is 1.81 bits per heavy atom. The second kappa shape index (κ2) is 9.31. The van der Waals surface area contributed by atoms with Crippen LogP contribution < -0.4 is 4.90 Å². The van der Waals surface area contributed by atoms with Crippen molar-refractivity contribution in [3.05, 3.63) is 48.7 Å². The summed E-state index contributed by atoms with van der Waals surface area (Å²) in [5.74, 6) is -4.74. The monoisotopic (exact) mass is 459 g/mol. The molecule has 12 heteroatoms. The number of carbonyl (C=O) groups is 1. The largest absolute Gasteiger partial charge is 0.490 e. The minimum Gasteiger partial charge on any atom is -0.475 e. The lowest BCUT2D eigenvalue weighted by Gasteiger charge is -2.45. The molecule has 0 aromatic carbocycles. The number of nitrogens with zero attached hydrogens (tertiary/aromatic N) is 5. The molecule has 0 saturated carbocycles. The smallest absolute Gasteiger partial charge is 0.475 e. The maximum atomic E-state index is 14.9. The van der Waals surface area contributed by atoms with Crippen LogP contribution in [0.3, 0.4) is 0 Å². The Morgan fingerprint density at radius 1 is 1.06 bits per heavy atom. The molecule has 0 aliphatic carbocycles. The Morgan fingerprint density at radius 3 is 2.41 bits per heavy atom. The molecule has 1 atom stereocenters. The van der Waals surface area contributed by atoms with Crippen molar-refractivity contribution in [1.82, 2.24) is 19.9 Å². The lowest BCUT2D eigenvalue weighted by Crippen LogP contribution is -2.56. The van der Waals surface area contributed by atoms with E-state index in [1.165, 1.54) is 0 Å². The van der Waals surface area contributed by atoms with Crippen molar-refractivity contribution in [1.29, 1.82) is 0 Å². The first-order chi connectivity index (χ1) is 15.0. The highest BCUT2D eigenvalue weighted by atomic mass is 19.4. The Bertz CT molecular complexity index is 900. The molecule has 0 radical (unpaired) electrons. The average Bonchev–Trinajstić information content (AvgIpc) is 3.18. The molecule has 174 valence electrons. The van der Waals surface area contributed by atoms with Gasteiger partial charge in [-0.2, -0.15) is 13.2 Å². The molecule has 2 saturated heterocycles. The van der Waals surface area contributed by atoms with Crippen molar-refractivity contribution >= 4 is 11.8 Å². The van der Waals surface area contributed by atoms with Crippen molar-refractivity contribution in [3.63, 3.8) is 0 Å². The Labute approximate surface area is 180 Å². The summed E-state index contributed by atoms with van der Waals surface area (Å²) >= 11 is 0. The number of aromatic nitrogens is 3. The number of pyridine rings is 1. The molecule has 1 unspecified atom stereocenters. The van der Waals surface area contributed by atoms with E-state index in [0.717, 1.165) is 5.69 Å². The lowest BCUT2D eigenvalue weighted by molar-refractivity contribution is -0.192. The molecule has 2 aliphatic rings. The summed E-state index contributed by atoms with van der Waals surface area (Å²) in [5.41, 5.74) is -0.107. The van der Waals surface area contributed by atoms with E-state index in [9.17, 15) is 22.0 Å². The van der Waals surface area contributed by atoms with Gasteiger partial charge in [-0.25, -0.2) is 18.6 Å². The summed E-state index contributed by atoms with van der Waals surface area (Å²) in [6.45, 7) is 2.30. The van der Waals surface area contributed by atoms with E-state index >= 15 is 0 Å². The molecule has 0 amide bonds. The van der Waals surface area contributed by atoms with Crippen LogP contribution in [0.4, 0.5) is 27.8 Å². The topological polar surface area (TPSA) is 82.5 Å². The third kappa shape index (κ3) is 5.47. The van der Waals surface area contributed by atoms with E-state index in [0.29, 0.717) is 45.0 Å². The predicted octanol–water partition coefficient (Wildman–Crippen LogP) is 3.24. The summed E-state index contributed by atoms with van der Waals surface area (Å²) < 4.78 is 61.5. The van der Waals surface area contributed by atoms with Crippen LogP contribution in [0, 0.1) is 5.41 Å². The van der Waals surface area contributed by atoms with E-state index in [-0.39, 0.29) is 6.42 Å². The summed E-state index contributed by atoms with van der Waals surface area (Å²) in [5, 5.41) is 7.12. The number of hydrogen-bond donors (Lipinski definition) is 1. The van der Waals surface area contributed by atoms with Gasteiger partial charge in [0.05, 0.1) is 17.3 Å². The van der Waals surface area contributed by atoms with Crippen molar-refractivity contribution in [2.45, 2.75) is 31.5 Å². The number of carboxylic acids is 1. The van der Waals surface area contributed by atoms with Gasteiger partial charge in [0.15, 0.2) is 0 Å². The maximum Gasteiger partial charge on any atom is 0.490 e. The van der Waals surface area contributed by atoms with Crippen LogP contribution in [0.5, 0.6) is 0 Å². The molecule has 7 nitrogen and oxygen atoms in total. The summed E-state index contributed by atoms with van der Waals surface area (Å²) in [7, 11) is 0. The van der Waals surface area contributed by atoms with Gasteiger partial charge in [0.2, 0.25) is 0 Å². The number of likely N-dealkylation sites (tertiary alicyclic amines) is 1. The van der Waals surface area contributed by atoms with Gasteiger partial charge in [0.1, 0.15) is 5.82 Å². The van der Waals surface area contributed by atoms with Gasteiger partial charge in [-0.05, 0) is 18.6 Å². The second-order valence-electron chi connectivity index (χ2n) is 7.80. The maximum absolute atomic E-state index is 14.9. The second-order valence-corrected chi connectivity index (χ2v) is 7.80. The highest BCUT2D eigenvalue weighted by Crippen LogP contribution is 2.50. The Hall–Kier alpha value is -2.89. The molecule has 1 spiro atoms. The van der Waals surface area contributed by atoms with E-state index < -0.39 is 23.5 Å². The van der Waals surface area contributed by atoms with Gasteiger partial charge in [0, 0.05) is 57.7 Å². The number of aliphatic carboxylic acids is 1. The lowest BCUT2D eigenvalue weighted by atomic mass is 9.75. The quantitative estimate of drug-likeness (QED) is 0.706. The number of carboxylic acid groups (broad SMARTS) is 1. The van der Waals surface area contributed by atoms with E-state index in [1.54, 1.807) is 24.8 Å². The molecule has 1 N–H and O–H groups in total. The standard InChI is InChI=1S/C18H21F2N5.C2HF3O2/c19-18(20)5-9-24(12-15-3-1-2-6-22-15)13-17(18)4-10-25(14-17)16-11-21-7-8-23-16;3-2(4,5)1(6)7/h1-3,6-8,11H,4-5,9-10,12-14H2;(H,6,7). The Kier molecular flexibility index (Phi) is 6.91. The normalized spacial score (nSPS) is 23.0. The molecule has 0 bridgehead atoms. The molecular formula is C20H22F5N5O2. The summed E-state index contributed by atoms with van der Waals surface area (Å²) in [6.07, 6.45) is 1.87. The van der Waals surface area contributed by atoms with Crippen molar-refractivity contribution < 1.29 is 31.9 Å². The number of piperidine rings is 1. The van der Waals surface area contributed by atoms with E-state index in [1.807, 2.05) is 23.1 Å². The molecule has 32 heavy (non-hydrogen) atoms. The SMILES string of the molecule is FC1(F)CCN(Cc2ccccn2)CC12CCN(c1cnccn1)C2.O=C(O)C(F)(F)F. The van der Waals surface area contributed by atoms with Crippen LogP contribution in [0.1, 0.15) is 18.5 Å². The molecule has 4 rings (SSSR count). The first-order valence-corrected chi connectivity index (χ1v) is 9.84. The van der Waals surface area contributed by atoms with Gasteiger partial charge < -0.3 is 10.0 Å². The Balaban J connectivity index is 0.000000360. The van der Waals surface area contributed by atoms with Gasteiger partial charge in [-0.15, -0.1) is 0 Å². The van der Waals surface area contributed by atoms with Crippen LogP contribution in [0.15, 0.2) is 43.0 Å². The fraction of sp³-hybridized carbons (Fsp3) is 0.500. The van der Waals surface area contributed by atoms with Gasteiger partial charge in [0.25, 0.3) is 5.92 Å². The molecule has 2 aromatic heterocycles. The minimum atomic E-state index is -5.08. The zero-order chi connectivity index (χ0) is 23.4. The van der Waals surface area contributed by atoms with E-state index in [2.05, 4.69) is 19.9 Å². The zero-order valence-corrected chi connectivity index (χ0v) is 17.0. The molecular weight excluding hydrogens is 437 g/mol. The summed E-state index contributed by atoms with van der Waals surface area (Å²) in [6, 6.07) is 5.74.